The van der Waals surface area contributed by atoms with Crippen LogP contribution in [0.4, 0.5) is 4.39 Å². The number of fused-ring (bicyclic) bond motifs is 1. The molecule has 0 bridgehead atoms. The molecule has 0 radical (unpaired) electrons. The zero-order chi connectivity index (χ0) is 14.8. The molecule has 21 heavy (non-hydrogen) atoms. The van der Waals surface area contributed by atoms with Gasteiger partial charge in [0.05, 0.1) is 0 Å². The summed E-state index contributed by atoms with van der Waals surface area (Å²) in [7, 11) is 0. The van der Waals surface area contributed by atoms with Gasteiger partial charge in [-0.3, -0.25) is 4.79 Å². The smallest absolute Gasteiger partial charge is 0.167 e. The number of halogens is 2. The Morgan fingerprint density at radius 1 is 1.29 bits per heavy atom. The zero-order valence-electron chi connectivity index (χ0n) is 11.5. The number of ketones is 1. The van der Waals surface area contributed by atoms with Crippen molar-refractivity contribution < 1.29 is 9.18 Å². The second-order valence-corrected chi connectivity index (χ2v) is 5.64. The lowest BCUT2D eigenvalue weighted by Crippen LogP contribution is -2.25. The van der Waals surface area contributed by atoms with Crippen molar-refractivity contribution in [3.05, 3.63) is 69.5 Å². The molecule has 0 atom stereocenters. The molecule has 1 heterocycles. The topological polar surface area (TPSA) is 29.1 Å². The summed E-state index contributed by atoms with van der Waals surface area (Å²) in [6.45, 7) is 1.65. The average molecular weight is 304 g/mol. The molecule has 1 aliphatic heterocycles. The number of Topliss-reactive ketones (excluding diaryl/α,β-unsaturated/α-hetero) is 1. The van der Waals surface area contributed by atoms with Crippen molar-refractivity contribution in [3.63, 3.8) is 0 Å². The maximum Gasteiger partial charge on any atom is 0.167 e. The fourth-order valence-electron chi connectivity index (χ4n) is 2.73. The van der Waals surface area contributed by atoms with Crippen LogP contribution >= 0.6 is 11.6 Å². The molecule has 0 fully saturated rings. The van der Waals surface area contributed by atoms with E-state index in [1.807, 2.05) is 18.2 Å². The third kappa shape index (κ3) is 2.99. The maximum atomic E-state index is 13.8. The summed E-state index contributed by atoms with van der Waals surface area (Å²) in [5.74, 6) is -0.475. The molecule has 0 saturated heterocycles. The van der Waals surface area contributed by atoms with Gasteiger partial charge >= 0.3 is 0 Å². The first-order valence-corrected chi connectivity index (χ1v) is 7.31. The highest BCUT2D eigenvalue weighted by molar-refractivity contribution is 6.30. The van der Waals surface area contributed by atoms with E-state index in [-0.39, 0.29) is 12.2 Å². The number of benzene rings is 2. The van der Waals surface area contributed by atoms with Crippen molar-refractivity contribution in [2.24, 2.45) is 0 Å². The van der Waals surface area contributed by atoms with Crippen LogP contribution in [-0.2, 0) is 19.4 Å². The van der Waals surface area contributed by atoms with Crippen LogP contribution in [0.5, 0.6) is 0 Å². The van der Waals surface area contributed by atoms with Crippen LogP contribution in [-0.4, -0.2) is 12.3 Å². The molecule has 0 saturated carbocycles. The minimum atomic E-state index is -0.428. The molecule has 0 spiro atoms. The molecule has 1 N–H and O–H groups in total. The first-order valence-electron chi connectivity index (χ1n) is 6.94. The first kappa shape index (κ1) is 14.2. The Hall–Kier alpha value is -1.71. The molecule has 3 rings (SSSR count). The summed E-state index contributed by atoms with van der Waals surface area (Å²) in [6.07, 6.45) is 0.896. The van der Waals surface area contributed by atoms with Gasteiger partial charge in [0, 0.05) is 23.6 Å². The molecule has 2 aromatic rings. The van der Waals surface area contributed by atoms with Crippen LogP contribution in [0.1, 0.15) is 27.0 Å². The van der Waals surface area contributed by atoms with E-state index in [0.717, 1.165) is 30.6 Å². The number of hydrogen-bond donors (Lipinski definition) is 1. The van der Waals surface area contributed by atoms with E-state index in [2.05, 4.69) is 5.32 Å². The second-order valence-electron chi connectivity index (χ2n) is 5.21. The summed E-state index contributed by atoms with van der Waals surface area (Å²) in [5, 5.41) is 3.63. The Balaban J connectivity index is 1.89. The van der Waals surface area contributed by atoms with Gasteiger partial charge in [0.25, 0.3) is 0 Å². The van der Waals surface area contributed by atoms with Crippen molar-refractivity contribution in [3.8, 4) is 0 Å². The normalized spacial score (nSPS) is 13.8. The monoisotopic (exact) mass is 303 g/mol. The van der Waals surface area contributed by atoms with Crippen LogP contribution in [0.25, 0.3) is 0 Å². The van der Waals surface area contributed by atoms with Crippen LogP contribution in [0.3, 0.4) is 0 Å². The van der Waals surface area contributed by atoms with Crippen molar-refractivity contribution in [1.82, 2.24) is 5.32 Å². The molecule has 2 nitrogen and oxygen atoms in total. The predicted molar refractivity (Wildman–Crippen MR) is 81.3 cm³/mol. The molecule has 4 heteroatoms. The van der Waals surface area contributed by atoms with E-state index in [1.54, 1.807) is 12.1 Å². The predicted octanol–water partition coefficient (Wildman–Crippen LogP) is 3.55. The van der Waals surface area contributed by atoms with Gasteiger partial charge in [0.15, 0.2) is 5.78 Å². The Bertz CT molecular complexity index is 699. The van der Waals surface area contributed by atoms with E-state index >= 15 is 0 Å². The molecule has 0 amide bonds. The largest absolute Gasteiger partial charge is 0.312 e. The van der Waals surface area contributed by atoms with Crippen LogP contribution in [0.15, 0.2) is 36.4 Å². The van der Waals surface area contributed by atoms with Crippen LogP contribution in [0.2, 0.25) is 5.02 Å². The van der Waals surface area contributed by atoms with Gasteiger partial charge in [-0.25, -0.2) is 4.39 Å². The molecule has 0 aliphatic carbocycles. The molecule has 0 aromatic heterocycles. The van der Waals surface area contributed by atoms with E-state index < -0.39 is 5.82 Å². The number of nitrogens with one attached hydrogen (secondary N) is 1. The number of carbonyl (C=O) groups excluding carboxylic acids is 1. The summed E-state index contributed by atoms with van der Waals surface area (Å²) < 4.78 is 13.8. The Labute approximate surface area is 127 Å². The average Bonchev–Trinajstić information content (AvgIpc) is 2.49. The highest BCUT2D eigenvalue weighted by atomic mass is 35.5. The van der Waals surface area contributed by atoms with Gasteiger partial charge in [-0.2, -0.15) is 0 Å². The summed E-state index contributed by atoms with van der Waals surface area (Å²) in [4.78, 5) is 12.5. The van der Waals surface area contributed by atoms with Crippen LogP contribution in [0, 0.1) is 5.82 Å². The molecular formula is C17H15ClFNO. The summed E-state index contributed by atoms with van der Waals surface area (Å²) >= 11 is 5.73. The van der Waals surface area contributed by atoms with Crippen molar-refractivity contribution in [2.75, 3.05) is 6.54 Å². The van der Waals surface area contributed by atoms with Gasteiger partial charge in [0.2, 0.25) is 0 Å². The second kappa shape index (κ2) is 5.96. The van der Waals surface area contributed by atoms with E-state index in [1.165, 1.54) is 6.07 Å². The van der Waals surface area contributed by atoms with Gasteiger partial charge in [-0.1, -0.05) is 35.9 Å². The minimum absolute atomic E-state index is 0.0463. The lowest BCUT2D eigenvalue weighted by atomic mass is 9.91. The number of hydrogen-bond acceptors (Lipinski definition) is 2. The third-order valence-corrected chi connectivity index (χ3v) is 4.04. The maximum absolute atomic E-state index is 13.8. The fraction of sp³-hybridized carbons (Fsp3) is 0.235. The lowest BCUT2D eigenvalue weighted by molar-refractivity contribution is 0.0990. The van der Waals surface area contributed by atoms with Crippen molar-refractivity contribution >= 4 is 17.4 Å². The standard InChI is InChI=1S/C17H15ClFNO/c18-13-5-4-11(16(19)9-13)8-17(21)15-3-1-2-12-10-20-7-6-14(12)15/h1-5,9,20H,6-8,10H2. The Morgan fingerprint density at radius 3 is 2.95 bits per heavy atom. The molecule has 108 valence electrons. The van der Waals surface area contributed by atoms with Gasteiger partial charge < -0.3 is 5.32 Å². The molecule has 1 aliphatic rings. The Kier molecular flexibility index (Phi) is 4.04. The van der Waals surface area contributed by atoms with Gasteiger partial charge in [-0.05, 0) is 41.8 Å². The highest BCUT2D eigenvalue weighted by Crippen LogP contribution is 2.22. The molecular weight excluding hydrogens is 289 g/mol. The van der Waals surface area contributed by atoms with Gasteiger partial charge in [-0.15, -0.1) is 0 Å². The van der Waals surface area contributed by atoms with E-state index in [4.69, 9.17) is 11.6 Å². The molecule has 0 unspecified atom stereocenters. The van der Waals surface area contributed by atoms with Crippen LogP contribution < -0.4 is 5.32 Å². The van der Waals surface area contributed by atoms with E-state index in [9.17, 15) is 9.18 Å². The quantitative estimate of drug-likeness (QED) is 0.879. The first-order chi connectivity index (χ1) is 10.1. The lowest BCUT2D eigenvalue weighted by Gasteiger charge is -2.19. The third-order valence-electron chi connectivity index (χ3n) is 3.81. The fourth-order valence-corrected chi connectivity index (χ4v) is 2.89. The van der Waals surface area contributed by atoms with Gasteiger partial charge in [0.1, 0.15) is 5.82 Å². The zero-order valence-corrected chi connectivity index (χ0v) is 12.2. The minimum Gasteiger partial charge on any atom is -0.312 e. The number of carbonyl (C=O) groups is 1. The SMILES string of the molecule is O=C(Cc1ccc(Cl)cc1F)c1cccc2c1CCNC2. The summed E-state index contributed by atoms with van der Waals surface area (Å²) in [6, 6.07) is 10.2. The van der Waals surface area contributed by atoms with Crippen molar-refractivity contribution in [2.45, 2.75) is 19.4 Å². The number of rotatable bonds is 3. The molecule has 2 aromatic carbocycles. The summed E-state index contributed by atoms with van der Waals surface area (Å²) in [5.41, 5.74) is 3.35. The van der Waals surface area contributed by atoms with E-state index in [0.29, 0.717) is 16.1 Å². The highest BCUT2D eigenvalue weighted by Gasteiger charge is 2.18. The Morgan fingerprint density at radius 2 is 2.14 bits per heavy atom. The van der Waals surface area contributed by atoms with Crippen molar-refractivity contribution in [1.29, 1.82) is 0 Å².